The van der Waals surface area contributed by atoms with Gasteiger partial charge in [-0.1, -0.05) is 43.1 Å². The quantitative estimate of drug-likeness (QED) is 0.492. The maximum atomic E-state index is 12.4. The Bertz CT molecular complexity index is 898. The summed E-state index contributed by atoms with van der Waals surface area (Å²) < 4.78 is 6.96. The van der Waals surface area contributed by atoms with Crippen LogP contribution in [0.2, 0.25) is 5.15 Å². The Morgan fingerprint density at radius 3 is 2.55 bits per heavy atom. The number of hydrogen-bond acceptors (Lipinski definition) is 4. The molecule has 0 fully saturated rings. The molecule has 0 saturated carbocycles. The fourth-order valence-electron chi connectivity index (χ4n) is 2.87. The number of para-hydroxylation sites is 1. The van der Waals surface area contributed by atoms with Crippen LogP contribution in [0.4, 0.5) is 5.69 Å². The number of aromatic nitrogens is 2. The number of ether oxygens (including phenoxy) is 1. The lowest BCUT2D eigenvalue weighted by Gasteiger charge is -2.15. The predicted molar refractivity (Wildman–Crippen MR) is 116 cm³/mol. The first kappa shape index (κ1) is 22.7. The molecule has 0 bridgehead atoms. The molecule has 29 heavy (non-hydrogen) atoms. The van der Waals surface area contributed by atoms with Crippen molar-refractivity contribution in [3.05, 3.63) is 51.8 Å². The van der Waals surface area contributed by atoms with Crippen molar-refractivity contribution < 1.29 is 14.3 Å². The number of unbranched alkanes of at least 4 members (excludes halogenated alkanes) is 1. The Morgan fingerprint density at radius 2 is 1.93 bits per heavy atom. The van der Waals surface area contributed by atoms with Crippen LogP contribution >= 0.6 is 11.6 Å². The number of esters is 1. The number of rotatable bonds is 8. The van der Waals surface area contributed by atoms with Crippen molar-refractivity contribution >= 4 is 35.2 Å². The summed E-state index contributed by atoms with van der Waals surface area (Å²) in [5.41, 5.74) is 4.03. The number of benzene rings is 1. The van der Waals surface area contributed by atoms with E-state index in [1.807, 2.05) is 39.0 Å². The zero-order chi connectivity index (χ0) is 21.6. The maximum absolute atomic E-state index is 12.4. The summed E-state index contributed by atoms with van der Waals surface area (Å²) in [6.07, 6.45) is 3.91. The van der Waals surface area contributed by atoms with Gasteiger partial charge in [-0.2, -0.15) is 5.10 Å². The van der Waals surface area contributed by atoms with Gasteiger partial charge in [-0.15, -0.1) is 0 Å². The highest BCUT2D eigenvalue weighted by Gasteiger charge is 2.18. The third kappa shape index (κ3) is 5.94. The Balaban J connectivity index is 1.99. The van der Waals surface area contributed by atoms with Gasteiger partial charge >= 0.3 is 5.97 Å². The fourth-order valence-corrected chi connectivity index (χ4v) is 3.19. The number of halogens is 1. The molecule has 0 radical (unpaired) electrons. The first-order chi connectivity index (χ1) is 13.7. The highest BCUT2D eigenvalue weighted by molar-refractivity contribution is 6.31. The van der Waals surface area contributed by atoms with E-state index in [2.05, 4.69) is 17.3 Å². The second kappa shape index (κ2) is 10.3. The lowest BCUT2D eigenvalue weighted by molar-refractivity contribution is -0.148. The van der Waals surface area contributed by atoms with Crippen LogP contribution in [0.15, 0.2) is 24.3 Å². The van der Waals surface area contributed by atoms with Crippen molar-refractivity contribution in [2.45, 2.75) is 60.1 Å². The first-order valence-corrected chi connectivity index (χ1v) is 10.1. The van der Waals surface area contributed by atoms with E-state index in [-0.39, 0.29) is 5.91 Å². The molecule has 1 aromatic carbocycles. The van der Waals surface area contributed by atoms with Gasteiger partial charge in [0.05, 0.1) is 5.69 Å². The average Bonchev–Trinajstić information content (AvgIpc) is 2.94. The van der Waals surface area contributed by atoms with Crippen molar-refractivity contribution in [1.29, 1.82) is 0 Å². The van der Waals surface area contributed by atoms with Crippen molar-refractivity contribution in [3.63, 3.8) is 0 Å². The van der Waals surface area contributed by atoms with Gasteiger partial charge in [0, 0.05) is 23.9 Å². The zero-order valence-electron chi connectivity index (χ0n) is 17.6. The Hall–Kier alpha value is -2.60. The molecule has 1 amide bonds. The highest BCUT2D eigenvalue weighted by atomic mass is 35.5. The van der Waals surface area contributed by atoms with Gasteiger partial charge in [-0.25, -0.2) is 4.79 Å². The smallest absolute Gasteiger partial charge is 0.331 e. The summed E-state index contributed by atoms with van der Waals surface area (Å²) in [6.45, 7) is 10.0. The van der Waals surface area contributed by atoms with Gasteiger partial charge in [0.1, 0.15) is 5.15 Å². The summed E-state index contributed by atoms with van der Waals surface area (Å²) in [7, 11) is 0. The van der Waals surface area contributed by atoms with Gasteiger partial charge in [0.25, 0.3) is 5.91 Å². The lowest BCUT2D eigenvalue weighted by atomic mass is 10.1. The number of nitrogens with one attached hydrogen (secondary N) is 1. The van der Waals surface area contributed by atoms with Crippen LogP contribution in [0.1, 0.15) is 49.1 Å². The summed E-state index contributed by atoms with van der Waals surface area (Å²) >= 11 is 6.36. The van der Waals surface area contributed by atoms with Crippen molar-refractivity contribution in [2.24, 2.45) is 0 Å². The SMILES string of the molecule is CCCCn1nc(C)c(/C=C/C(=O)O[C@H](C)C(=O)Nc2c(C)cccc2C)c1Cl. The van der Waals surface area contributed by atoms with Crippen molar-refractivity contribution in [2.75, 3.05) is 5.32 Å². The van der Waals surface area contributed by atoms with Gasteiger partial charge in [-0.05, 0) is 51.3 Å². The molecular formula is C22H28ClN3O3. The van der Waals surface area contributed by atoms with Crippen LogP contribution in [0.3, 0.4) is 0 Å². The lowest BCUT2D eigenvalue weighted by Crippen LogP contribution is -2.30. The molecule has 1 atom stereocenters. The molecule has 0 spiro atoms. The van der Waals surface area contributed by atoms with E-state index < -0.39 is 12.1 Å². The summed E-state index contributed by atoms with van der Waals surface area (Å²) in [5, 5.41) is 7.71. The molecule has 156 valence electrons. The fraction of sp³-hybridized carbons (Fsp3) is 0.409. The molecule has 0 saturated heterocycles. The summed E-state index contributed by atoms with van der Waals surface area (Å²) in [5.74, 6) is -1.00. The number of carbonyl (C=O) groups is 2. The summed E-state index contributed by atoms with van der Waals surface area (Å²) in [6, 6.07) is 5.75. The van der Waals surface area contributed by atoms with E-state index in [9.17, 15) is 9.59 Å². The molecular weight excluding hydrogens is 390 g/mol. The number of hydrogen-bond donors (Lipinski definition) is 1. The van der Waals surface area contributed by atoms with Gasteiger partial charge < -0.3 is 10.1 Å². The van der Waals surface area contributed by atoms with Gasteiger partial charge in [0.15, 0.2) is 6.10 Å². The minimum absolute atomic E-state index is 0.384. The molecule has 1 N–H and O–H groups in total. The molecule has 2 aromatic rings. The average molecular weight is 418 g/mol. The zero-order valence-corrected chi connectivity index (χ0v) is 18.3. The maximum Gasteiger partial charge on any atom is 0.331 e. The minimum atomic E-state index is -0.935. The van der Waals surface area contributed by atoms with Gasteiger partial charge in [-0.3, -0.25) is 9.48 Å². The number of amides is 1. The molecule has 1 aromatic heterocycles. The van der Waals surface area contributed by atoms with E-state index >= 15 is 0 Å². The number of nitrogens with zero attached hydrogens (tertiary/aromatic N) is 2. The second-order valence-electron chi connectivity index (χ2n) is 7.04. The van der Waals surface area contributed by atoms with Crippen LogP contribution in [-0.2, 0) is 20.9 Å². The largest absolute Gasteiger partial charge is 0.449 e. The number of carbonyl (C=O) groups excluding carboxylic acids is 2. The molecule has 0 aliphatic rings. The normalized spacial score (nSPS) is 12.2. The Labute approximate surface area is 176 Å². The minimum Gasteiger partial charge on any atom is -0.449 e. The molecule has 0 aliphatic carbocycles. The number of aryl methyl sites for hydroxylation is 4. The van der Waals surface area contributed by atoms with Crippen LogP contribution in [-0.4, -0.2) is 27.8 Å². The van der Waals surface area contributed by atoms with E-state index in [1.54, 1.807) is 10.8 Å². The summed E-state index contributed by atoms with van der Waals surface area (Å²) in [4.78, 5) is 24.6. The molecule has 2 rings (SSSR count). The standard InChI is InChI=1S/C22H28ClN3O3/c1-6-7-13-26-21(23)18(16(4)25-26)11-12-19(27)29-17(5)22(28)24-20-14(2)9-8-10-15(20)3/h8-12,17H,6-7,13H2,1-5H3,(H,24,28)/b12-11+/t17-/m1/s1. The van der Waals surface area contributed by atoms with Crippen LogP contribution in [0, 0.1) is 20.8 Å². The Kier molecular flexibility index (Phi) is 8.02. The topological polar surface area (TPSA) is 73.2 Å². The van der Waals surface area contributed by atoms with E-state index in [0.717, 1.165) is 41.9 Å². The predicted octanol–water partition coefficient (Wildman–Crippen LogP) is 4.85. The molecule has 6 nitrogen and oxygen atoms in total. The molecule has 0 unspecified atom stereocenters. The molecule has 7 heteroatoms. The van der Waals surface area contributed by atoms with Gasteiger partial charge in [0.2, 0.25) is 0 Å². The first-order valence-electron chi connectivity index (χ1n) is 9.73. The monoisotopic (exact) mass is 417 g/mol. The third-order valence-corrected chi connectivity index (χ3v) is 5.01. The Morgan fingerprint density at radius 1 is 1.28 bits per heavy atom. The molecule has 0 aliphatic heterocycles. The van der Waals surface area contributed by atoms with Crippen LogP contribution in [0.25, 0.3) is 6.08 Å². The third-order valence-electron chi connectivity index (χ3n) is 4.61. The van der Waals surface area contributed by atoms with Crippen LogP contribution < -0.4 is 5.32 Å². The van der Waals surface area contributed by atoms with Crippen molar-refractivity contribution in [1.82, 2.24) is 9.78 Å². The number of anilines is 1. The van der Waals surface area contributed by atoms with E-state index in [4.69, 9.17) is 16.3 Å². The highest BCUT2D eigenvalue weighted by Crippen LogP contribution is 2.22. The van der Waals surface area contributed by atoms with Crippen molar-refractivity contribution in [3.8, 4) is 0 Å². The second-order valence-corrected chi connectivity index (χ2v) is 7.39. The van der Waals surface area contributed by atoms with E-state index in [1.165, 1.54) is 13.0 Å². The molecule has 1 heterocycles. The van der Waals surface area contributed by atoms with E-state index in [0.29, 0.717) is 10.7 Å². The van der Waals surface area contributed by atoms with Crippen LogP contribution in [0.5, 0.6) is 0 Å².